The molecule has 5 radical (unpaired) electrons. The molecule has 0 N–H and O–H groups in total. The van der Waals surface area contributed by atoms with Crippen LogP contribution in [-0.2, 0) is 58.2 Å². The normalized spacial score (nSPS) is 33.9. The van der Waals surface area contributed by atoms with Crippen LogP contribution in [0.15, 0.2) is 0 Å². The van der Waals surface area contributed by atoms with Gasteiger partial charge in [0.2, 0.25) is 0 Å². The molecule has 2 aliphatic rings. The standard InChI is InChI=1S/C6H12BNO4S.C6H11BNO.Y/c1-11-4-5-2-8(13(9)10)3-6(7)12-5;1-5-3-8(2)4-6(7)9-5;/h5-6H,2-4H2,1H3,(H,9,10);5-6H,1,3-4H2,2H3;/q;-1;/p-1. The molecule has 7 nitrogen and oxygen atoms in total. The Hall–Kier alpha value is 1.14. The maximum absolute atomic E-state index is 10.6. The van der Waals surface area contributed by atoms with Gasteiger partial charge in [0.25, 0.3) is 0 Å². The first-order chi connectivity index (χ1) is 10.3. The van der Waals surface area contributed by atoms with Gasteiger partial charge in [0, 0.05) is 82.7 Å². The van der Waals surface area contributed by atoms with Crippen LogP contribution in [0.3, 0.4) is 0 Å². The summed E-state index contributed by atoms with van der Waals surface area (Å²) in [6.07, 6.45) is -0.231. The molecule has 0 saturated carbocycles. The van der Waals surface area contributed by atoms with Crippen molar-refractivity contribution in [3.63, 3.8) is 0 Å². The van der Waals surface area contributed by atoms with Gasteiger partial charge >= 0.3 is 0 Å². The van der Waals surface area contributed by atoms with E-state index in [2.05, 4.69) is 11.8 Å². The van der Waals surface area contributed by atoms with Crippen LogP contribution in [0.25, 0.3) is 0 Å². The van der Waals surface area contributed by atoms with E-state index in [1.165, 1.54) is 11.4 Å². The Balaban J connectivity index is 0.000000427. The van der Waals surface area contributed by atoms with Crippen molar-refractivity contribution in [2.75, 3.05) is 46.9 Å². The summed E-state index contributed by atoms with van der Waals surface area (Å²) < 4.78 is 37.8. The first kappa shape index (κ1) is 24.1. The summed E-state index contributed by atoms with van der Waals surface area (Å²) in [4.78, 5) is 2.12. The van der Waals surface area contributed by atoms with Gasteiger partial charge in [-0.3, -0.25) is 4.21 Å². The fourth-order valence-electron chi connectivity index (χ4n) is 2.30. The van der Waals surface area contributed by atoms with Gasteiger partial charge in [-0.25, -0.2) is 4.31 Å². The molecule has 5 unspecified atom stereocenters. The molecule has 2 aliphatic heterocycles. The first-order valence-electron chi connectivity index (χ1n) is 6.98. The monoisotopic (exact) mass is 417 g/mol. The third kappa shape index (κ3) is 10.0. The third-order valence-electron chi connectivity index (χ3n) is 3.10. The van der Waals surface area contributed by atoms with E-state index in [0.717, 1.165) is 13.1 Å². The second-order valence-electron chi connectivity index (χ2n) is 5.33. The molecule has 0 aromatic rings. The topological polar surface area (TPSA) is 74.3 Å². The zero-order valence-electron chi connectivity index (χ0n) is 13.6. The number of methoxy groups -OCH3 is 1. The number of likely N-dealkylation sites (N-methyl/N-ethyl adjacent to an activating group) is 1. The summed E-state index contributed by atoms with van der Waals surface area (Å²) in [5.41, 5.74) is 0. The van der Waals surface area contributed by atoms with Crippen LogP contribution in [0, 0.1) is 6.92 Å². The summed E-state index contributed by atoms with van der Waals surface area (Å²) in [7, 11) is 14.5. The van der Waals surface area contributed by atoms with E-state index in [4.69, 9.17) is 29.9 Å². The van der Waals surface area contributed by atoms with Crippen LogP contribution < -0.4 is 0 Å². The van der Waals surface area contributed by atoms with E-state index in [0.29, 0.717) is 13.2 Å². The van der Waals surface area contributed by atoms with Crippen LogP contribution in [-0.4, -0.2) is 105 Å². The summed E-state index contributed by atoms with van der Waals surface area (Å²) in [5, 5.41) is 0. The van der Waals surface area contributed by atoms with Crippen molar-refractivity contribution < 1.29 is 55.7 Å². The first-order valence-corrected chi connectivity index (χ1v) is 8.02. The van der Waals surface area contributed by atoms with E-state index in [1.807, 2.05) is 7.05 Å². The molecule has 0 aliphatic carbocycles. The van der Waals surface area contributed by atoms with Crippen LogP contribution in [0.1, 0.15) is 0 Å². The van der Waals surface area contributed by atoms with Gasteiger partial charge in [-0.15, -0.1) is 0 Å². The fraction of sp³-hybridized carbons (Fsp3) is 0.917. The maximum Gasteiger partial charge on any atom is 0.110 e. The smallest absolute Gasteiger partial charge is 0.110 e. The molecule has 2 heterocycles. The van der Waals surface area contributed by atoms with Crippen molar-refractivity contribution in [3.8, 4) is 0 Å². The second-order valence-corrected chi connectivity index (χ2v) is 6.28. The number of hydrogen-bond donors (Lipinski definition) is 0. The van der Waals surface area contributed by atoms with E-state index in [-0.39, 0.29) is 57.5 Å². The largest absolute Gasteiger partial charge is 0.760 e. The summed E-state index contributed by atoms with van der Waals surface area (Å²) >= 11 is -2.23. The van der Waals surface area contributed by atoms with Crippen LogP contribution in [0.5, 0.6) is 0 Å². The number of hydrogen-bond acceptors (Lipinski definition) is 6. The molecule has 5 atom stereocenters. The molecule has 0 spiro atoms. The van der Waals surface area contributed by atoms with Gasteiger partial charge in [0.05, 0.1) is 12.7 Å². The second kappa shape index (κ2) is 12.5. The van der Waals surface area contributed by atoms with E-state index in [1.54, 1.807) is 0 Å². The molecular weight excluding hydrogens is 395 g/mol. The quantitative estimate of drug-likeness (QED) is 0.309. The number of ether oxygens (including phenoxy) is 3. The van der Waals surface area contributed by atoms with Gasteiger partial charge < -0.3 is 30.6 Å². The predicted molar refractivity (Wildman–Crippen MR) is 84.1 cm³/mol. The molecule has 2 fully saturated rings. The number of nitrogens with zero attached hydrogens (tertiary/aromatic N) is 2. The Kier molecular flexibility index (Phi) is 13.1. The zero-order valence-corrected chi connectivity index (χ0v) is 17.3. The SMILES string of the molecule is [B]C1CN(C)CC([CH2-])O1.[B]C1CN(S(=O)[O-])CC(COC)O1.[Y]. The fourth-order valence-corrected chi connectivity index (χ4v) is 2.85. The molecule has 2 saturated heterocycles. The van der Waals surface area contributed by atoms with Crippen molar-refractivity contribution in [3.05, 3.63) is 6.92 Å². The van der Waals surface area contributed by atoms with Gasteiger partial charge in [0.1, 0.15) is 15.7 Å². The third-order valence-corrected chi connectivity index (χ3v) is 3.82. The van der Waals surface area contributed by atoms with Gasteiger partial charge in [0.15, 0.2) is 0 Å². The number of rotatable bonds is 3. The Morgan fingerprint density at radius 1 is 1.26 bits per heavy atom. The zero-order chi connectivity index (χ0) is 16.7. The van der Waals surface area contributed by atoms with Crippen molar-refractivity contribution in [2.24, 2.45) is 0 Å². The van der Waals surface area contributed by atoms with Crippen molar-refractivity contribution in [1.82, 2.24) is 9.21 Å². The van der Waals surface area contributed by atoms with Crippen LogP contribution in [0.2, 0.25) is 0 Å². The van der Waals surface area contributed by atoms with E-state index >= 15 is 0 Å². The number of morpholine rings is 2. The molecule has 11 heteroatoms. The molecular formula is C12H22B2N2O5SY-2. The summed E-state index contributed by atoms with van der Waals surface area (Å²) in [5.74, 6) is 0. The predicted octanol–water partition coefficient (Wildman–Crippen LogP) is -1.73. The average Bonchev–Trinajstić information content (AvgIpc) is 2.37. The van der Waals surface area contributed by atoms with Crippen LogP contribution >= 0.6 is 0 Å². The Morgan fingerprint density at radius 2 is 1.87 bits per heavy atom. The molecule has 2 rings (SSSR count). The van der Waals surface area contributed by atoms with Gasteiger partial charge in [-0.2, -0.15) is 0 Å². The summed E-state index contributed by atoms with van der Waals surface area (Å²) in [6, 6.07) is -0.710. The maximum atomic E-state index is 10.6. The molecule has 0 aromatic heterocycles. The van der Waals surface area contributed by atoms with Crippen molar-refractivity contribution in [1.29, 1.82) is 0 Å². The summed E-state index contributed by atoms with van der Waals surface area (Å²) in [6.45, 7) is 6.31. The Labute approximate surface area is 169 Å². The molecule has 0 amide bonds. The molecule has 127 valence electrons. The molecule has 0 bridgehead atoms. The Bertz CT molecular complexity index is 336. The van der Waals surface area contributed by atoms with Crippen LogP contribution in [0.4, 0.5) is 0 Å². The van der Waals surface area contributed by atoms with Gasteiger partial charge in [-0.05, 0) is 13.6 Å². The van der Waals surface area contributed by atoms with E-state index in [9.17, 15) is 8.76 Å². The minimum absolute atomic E-state index is 0. The van der Waals surface area contributed by atoms with Crippen molar-refractivity contribution >= 4 is 27.0 Å². The minimum Gasteiger partial charge on any atom is -0.760 e. The molecule has 0 aromatic carbocycles. The molecule has 23 heavy (non-hydrogen) atoms. The van der Waals surface area contributed by atoms with Crippen molar-refractivity contribution in [2.45, 2.75) is 24.2 Å². The minimum atomic E-state index is -2.23. The average molecular weight is 417 g/mol. The van der Waals surface area contributed by atoms with E-state index < -0.39 is 17.3 Å². The Morgan fingerprint density at radius 3 is 2.35 bits per heavy atom. The van der Waals surface area contributed by atoms with Gasteiger partial charge in [-0.1, -0.05) is 6.10 Å².